The maximum atomic E-state index is 12.0. The van der Waals surface area contributed by atoms with Gasteiger partial charge >= 0.3 is 0 Å². The zero-order chi connectivity index (χ0) is 17.6. The molecule has 1 aliphatic heterocycles. The molecule has 0 bridgehead atoms. The highest BCUT2D eigenvalue weighted by Crippen LogP contribution is 2.52. The van der Waals surface area contributed by atoms with Crippen molar-refractivity contribution in [2.75, 3.05) is 0 Å². The van der Waals surface area contributed by atoms with Gasteiger partial charge < -0.3 is 15.0 Å². The van der Waals surface area contributed by atoms with E-state index in [4.69, 9.17) is 10.5 Å². The number of hydrogen-bond acceptors (Lipinski definition) is 3. The molecule has 4 rings (SSSR count). The fourth-order valence-electron chi connectivity index (χ4n) is 4.65. The summed E-state index contributed by atoms with van der Waals surface area (Å²) < 4.78 is 8.58. The van der Waals surface area contributed by atoms with Crippen LogP contribution in [0.4, 0.5) is 0 Å². The van der Waals surface area contributed by atoms with Crippen LogP contribution >= 0.6 is 0 Å². The Hall–Kier alpha value is -2.30. The number of aromatic nitrogens is 2. The van der Waals surface area contributed by atoms with E-state index in [9.17, 15) is 4.79 Å². The molecule has 5 nitrogen and oxygen atoms in total. The third kappa shape index (κ3) is 2.36. The second-order valence-electron chi connectivity index (χ2n) is 7.32. The highest BCUT2D eigenvalue weighted by atomic mass is 16.5. The molecular formula is C20H25N3O2. The fourth-order valence-corrected chi connectivity index (χ4v) is 4.65. The van der Waals surface area contributed by atoms with Gasteiger partial charge in [-0.25, -0.2) is 0 Å². The summed E-state index contributed by atoms with van der Waals surface area (Å²) in [4.78, 5) is 16.3. The Morgan fingerprint density at radius 2 is 2.16 bits per heavy atom. The van der Waals surface area contributed by atoms with Crippen LogP contribution in [-0.4, -0.2) is 15.5 Å². The number of fused-ring (bicyclic) bond motifs is 3. The summed E-state index contributed by atoms with van der Waals surface area (Å²) in [5.41, 5.74) is 8.93. The molecule has 2 aromatic rings. The molecule has 0 spiro atoms. The smallest absolute Gasteiger partial charge is 0.265 e. The second-order valence-corrected chi connectivity index (χ2v) is 7.32. The Labute approximate surface area is 148 Å². The number of hydrogen-bond donors (Lipinski definition) is 1. The number of carbonyl (C=O) groups excluding carboxylic acids is 1. The predicted octanol–water partition coefficient (Wildman–Crippen LogP) is 3.86. The summed E-state index contributed by atoms with van der Waals surface area (Å²) in [7, 11) is 0. The standard InChI is InChI=1S/C20H25N3O2/c1-3-23-16(19(21)24)11-15-18(23)14-9-10-22-12-17(14)25-20(15,2)13-7-5-4-6-8-13/h9-13H,3-8H2,1-2H3,(H2,21,24). The van der Waals surface area contributed by atoms with Crippen molar-refractivity contribution in [1.82, 2.24) is 9.55 Å². The lowest BCUT2D eigenvalue weighted by atomic mass is 9.72. The Morgan fingerprint density at radius 1 is 1.40 bits per heavy atom. The number of nitrogens with zero attached hydrogens (tertiary/aromatic N) is 2. The first-order valence-corrected chi connectivity index (χ1v) is 9.23. The molecule has 132 valence electrons. The average Bonchev–Trinajstić information content (AvgIpc) is 3.04. The van der Waals surface area contributed by atoms with Gasteiger partial charge in [-0.05, 0) is 38.8 Å². The van der Waals surface area contributed by atoms with Gasteiger partial charge in [0.2, 0.25) is 0 Å². The number of rotatable bonds is 3. The van der Waals surface area contributed by atoms with Gasteiger partial charge in [0.15, 0.2) is 0 Å². The molecule has 5 heteroatoms. The lowest BCUT2D eigenvalue weighted by molar-refractivity contribution is 0.00120. The van der Waals surface area contributed by atoms with Gasteiger partial charge in [0.1, 0.15) is 17.0 Å². The van der Waals surface area contributed by atoms with Crippen LogP contribution in [-0.2, 0) is 12.1 Å². The highest BCUT2D eigenvalue weighted by molar-refractivity contribution is 5.94. The zero-order valence-electron chi connectivity index (χ0n) is 14.9. The highest BCUT2D eigenvalue weighted by Gasteiger charge is 2.46. The first kappa shape index (κ1) is 16.2. The predicted molar refractivity (Wildman–Crippen MR) is 96.4 cm³/mol. The Balaban J connectivity index is 1.96. The van der Waals surface area contributed by atoms with Crippen molar-refractivity contribution in [3.63, 3.8) is 0 Å². The minimum atomic E-state index is -0.448. The molecule has 1 aliphatic carbocycles. The van der Waals surface area contributed by atoms with Gasteiger partial charge in [0, 0.05) is 29.8 Å². The van der Waals surface area contributed by atoms with Crippen LogP contribution < -0.4 is 10.5 Å². The largest absolute Gasteiger partial charge is 0.480 e. The van der Waals surface area contributed by atoms with E-state index in [0.717, 1.165) is 35.4 Å². The maximum absolute atomic E-state index is 12.0. The van der Waals surface area contributed by atoms with Gasteiger partial charge in [0.25, 0.3) is 5.91 Å². The molecule has 3 heterocycles. The minimum absolute atomic E-state index is 0.391. The van der Waals surface area contributed by atoms with E-state index in [1.165, 1.54) is 19.3 Å². The molecule has 0 aromatic carbocycles. The molecule has 2 aromatic heterocycles. The SMILES string of the molecule is CCn1c(C(N)=O)cc2c1-c1ccncc1OC2(C)C1CCCCC1. The van der Waals surface area contributed by atoms with Gasteiger partial charge in [-0.3, -0.25) is 9.78 Å². The van der Waals surface area contributed by atoms with E-state index in [1.54, 1.807) is 12.4 Å². The van der Waals surface area contributed by atoms with Gasteiger partial charge in [0.05, 0.1) is 11.9 Å². The summed E-state index contributed by atoms with van der Waals surface area (Å²) in [5, 5.41) is 0. The zero-order valence-corrected chi connectivity index (χ0v) is 14.9. The first-order chi connectivity index (χ1) is 12.1. The number of nitrogens with two attached hydrogens (primary N) is 1. The van der Waals surface area contributed by atoms with Crippen LogP contribution in [0.25, 0.3) is 11.3 Å². The lowest BCUT2D eigenvalue weighted by Crippen LogP contribution is -2.41. The van der Waals surface area contributed by atoms with Crippen LogP contribution in [0, 0.1) is 5.92 Å². The minimum Gasteiger partial charge on any atom is -0.480 e. The Kier molecular flexibility index (Phi) is 3.82. The third-order valence-electron chi connectivity index (χ3n) is 5.95. The van der Waals surface area contributed by atoms with E-state index in [-0.39, 0.29) is 0 Å². The first-order valence-electron chi connectivity index (χ1n) is 9.23. The summed E-state index contributed by atoms with van der Waals surface area (Å²) in [6, 6.07) is 3.92. The number of amides is 1. The fraction of sp³-hybridized carbons (Fsp3) is 0.500. The molecule has 1 unspecified atom stereocenters. The number of carbonyl (C=O) groups is 1. The molecule has 1 fully saturated rings. The maximum Gasteiger partial charge on any atom is 0.265 e. The van der Waals surface area contributed by atoms with Crippen LogP contribution in [0.2, 0.25) is 0 Å². The van der Waals surface area contributed by atoms with E-state index < -0.39 is 11.5 Å². The number of ether oxygens (including phenoxy) is 1. The van der Waals surface area contributed by atoms with Gasteiger partial charge in [-0.2, -0.15) is 0 Å². The Morgan fingerprint density at radius 3 is 2.84 bits per heavy atom. The summed E-state index contributed by atoms with van der Waals surface area (Å²) in [6.45, 7) is 4.90. The monoisotopic (exact) mass is 339 g/mol. The molecule has 25 heavy (non-hydrogen) atoms. The van der Waals surface area contributed by atoms with Gasteiger partial charge in [-0.15, -0.1) is 0 Å². The van der Waals surface area contributed by atoms with Crippen molar-refractivity contribution in [2.24, 2.45) is 11.7 Å². The van der Waals surface area contributed by atoms with Gasteiger partial charge in [-0.1, -0.05) is 19.3 Å². The summed E-state index contributed by atoms with van der Waals surface area (Å²) >= 11 is 0. The van der Waals surface area contributed by atoms with E-state index in [1.807, 2.05) is 23.6 Å². The molecule has 1 amide bonds. The number of primary amides is 1. The van der Waals surface area contributed by atoms with E-state index in [2.05, 4.69) is 11.9 Å². The van der Waals surface area contributed by atoms with Crippen LogP contribution in [0.5, 0.6) is 5.75 Å². The lowest BCUT2D eigenvalue weighted by Gasteiger charge is -2.43. The van der Waals surface area contributed by atoms with Crippen molar-refractivity contribution in [1.29, 1.82) is 0 Å². The van der Waals surface area contributed by atoms with Crippen LogP contribution in [0.15, 0.2) is 24.5 Å². The molecule has 2 N–H and O–H groups in total. The molecular weight excluding hydrogens is 314 g/mol. The van der Waals surface area contributed by atoms with Crippen LogP contribution in [0.1, 0.15) is 62.0 Å². The molecule has 0 radical (unpaired) electrons. The van der Waals surface area contributed by atoms with E-state index in [0.29, 0.717) is 18.2 Å². The van der Waals surface area contributed by atoms with Crippen molar-refractivity contribution < 1.29 is 9.53 Å². The molecule has 2 aliphatic rings. The third-order valence-corrected chi connectivity index (χ3v) is 5.95. The molecule has 1 atom stereocenters. The van der Waals surface area contributed by atoms with E-state index >= 15 is 0 Å². The number of pyridine rings is 1. The molecule has 1 saturated carbocycles. The average molecular weight is 339 g/mol. The van der Waals surface area contributed by atoms with Crippen molar-refractivity contribution in [2.45, 2.75) is 58.1 Å². The van der Waals surface area contributed by atoms with Crippen molar-refractivity contribution >= 4 is 5.91 Å². The second kappa shape index (κ2) is 5.90. The quantitative estimate of drug-likeness (QED) is 0.923. The Bertz CT molecular complexity index is 820. The van der Waals surface area contributed by atoms with Crippen molar-refractivity contribution in [3.8, 4) is 17.0 Å². The molecule has 0 saturated heterocycles. The van der Waals surface area contributed by atoms with Crippen LogP contribution in [0.3, 0.4) is 0 Å². The summed E-state index contributed by atoms with van der Waals surface area (Å²) in [6.07, 6.45) is 9.61. The normalized spacial score (nSPS) is 22.8. The topological polar surface area (TPSA) is 70.1 Å². The summed E-state index contributed by atoms with van der Waals surface area (Å²) in [5.74, 6) is 0.839. The van der Waals surface area contributed by atoms with Crippen molar-refractivity contribution in [3.05, 3.63) is 35.8 Å².